The van der Waals surface area contributed by atoms with Crippen molar-refractivity contribution >= 4 is 17.5 Å². The monoisotopic (exact) mass is 402 g/mol. The number of benzene rings is 1. The summed E-state index contributed by atoms with van der Waals surface area (Å²) in [5, 5.41) is -0.391. The second-order valence-corrected chi connectivity index (χ2v) is 6.38. The number of piperidine rings is 1. The Kier molecular flexibility index (Phi) is 3.40. The Morgan fingerprint density at radius 2 is 2.26 bits per heavy atom. The molecule has 7 heteroatoms. The number of aromatic nitrogens is 2. The lowest BCUT2D eigenvalue weighted by Crippen LogP contribution is -2.44. The van der Waals surface area contributed by atoms with Crippen molar-refractivity contribution in [1.82, 2.24) is 14.9 Å². The Bertz CT molecular complexity index is 1150. The number of rotatable bonds is 5. The van der Waals surface area contributed by atoms with Crippen LogP contribution in [-0.4, -0.2) is 39.5 Å². The predicted molar refractivity (Wildman–Crippen MR) is 100 cm³/mol. The third-order valence-corrected chi connectivity index (χ3v) is 4.26. The molecular weight excluding hydrogens is 372 g/mol. The van der Waals surface area contributed by atoms with Gasteiger partial charge in [-0.3, -0.25) is 4.79 Å². The Balaban J connectivity index is 1.80. The third kappa shape index (κ3) is 5.01. The van der Waals surface area contributed by atoms with Gasteiger partial charge in [0.2, 0.25) is 0 Å². The Labute approximate surface area is 175 Å². The number of alkyl halides is 1. The zero-order valence-corrected chi connectivity index (χ0v) is 14.9. The molecule has 0 N–H and O–H groups in total. The van der Waals surface area contributed by atoms with Gasteiger partial charge in [-0.1, -0.05) is 11.6 Å². The fourth-order valence-electron chi connectivity index (χ4n) is 2.46. The van der Waals surface area contributed by atoms with E-state index in [2.05, 4.69) is 9.97 Å². The molecule has 1 fully saturated rings. The Morgan fingerprint density at radius 1 is 1.48 bits per heavy atom. The quantitative estimate of drug-likeness (QED) is 0.737. The van der Waals surface area contributed by atoms with Gasteiger partial charge in [-0.25, -0.2) is 18.7 Å². The lowest BCUT2D eigenvalue weighted by Gasteiger charge is -2.36. The van der Waals surface area contributed by atoms with Crippen molar-refractivity contribution in [2.75, 3.05) is 13.0 Å². The average Bonchev–Trinajstić information content (AvgIpc) is 2.76. The molecule has 1 unspecified atom stereocenters. The summed E-state index contributed by atoms with van der Waals surface area (Å²) in [5.41, 5.74) is -3.30. The van der Waals surface area contributed by atoms with Gasteiger partial charge in [0.05, 0.1) is 5.02 Å². The molecule has 0 radical (unpaired) electrons. The molecular formula is C20H22ClF2N3O. The minimum absolute atomic E-state index is 0.207. The van der Waals surface area contributed by atoms with Crippen LogP contribution >= 0.6 is 11.6 Å². The van der Waals surface area contributed by atoms with Crippen LogP contribution in [0.4, 0.5) is 8.78 Å². The van der Waals surface area contributed by atoms with Gasteiger partial charge in [-0.15, -0.1) is 0 Å². The molecule has 0 aliphatic carbocycles. The number of carbonyl (C=O) groups excluding carboxylic acids is 1. The van der Waals surface area contributed by atoms with Crippen molar-refractivity contribution in [3.05, 3.63) is 58.4 Å². The predicted octanol–water partition coefficient (Wildman–Crippen LogP) is 4.54. The van der Waals surface area contributed by atoms with E-state index in [9.17, 15) is 9.18 Å². The molecule has 0 saturated carbocycles. The fraction of sp³-hybridized carbons (Fsp3) is 0.450. The van der Waals surface area contributed by atoms with Crippen molar-refractivity contribution in [3.63, 3.8) is 0 Å². The zero-order valence-electron chi connectivity index (χ0n) is 23.1. The molecule has 1 aromatic heterocycles. The summed E-state index contributed by atoms with van der Waals surface area (Å²) in [6.07, 6.45) is -5.81. The maximum atomic E-state index is 16.0. The van der Waals surface area contributed by atoms with E-state index in [4.69, 9.17) is 23.9 Å². The summed E-state index contributed by atoms with van der Waals surface area (Å²) in [4.78, 5) is 20.8. The zero-order chi connectivity index (χ0) is 27.3. The Hall–Kier alpha value is -2.08. The standard InChI is InChI=1S/C20H22ClF2N3O/c1-14-12-24-18(25-13-14)3-2-6-20(23)7-9-26(10-8-20)19(27)15-4-5-17(22)16(21)11-15/h4-5,11-13H,2-3,6-10H2,1H3/i1D3,3D2,7D2,10D2. The van der Waals surface area contributed by atoms with Crippen LogP contribution in [0.3, 0.4) is 0 Å². The third-order valence-electron chi connectivity index (χ3n) is 3.97. The van der Waals surface area contributed by atoms with Crippen LogP contribution in [0.2, 0.25) is 5.02 Å². The first-order chi connectivity index (χ1) is 16.3. The van der Waals surface area contributed by atoms with Crippen molar-refractivity contribution in [2.24, 2.45) is 0 Å². The molecule has 3 rings (SSSR count). The number of nitrogens with zero attached hydrogens (tertiary/aromatic N) is 3. The first-order valence-corrected chi connectivity index (χ1v) is 8.46. The highest BCUT2D eigenvalue weighted by Gasteiger charge is 2.35. The molecule has 144 valence electrons. The van der Waals surface area contributed by atoms with E-state index in [-0.39, 0.29) is 11.1 Å². The van der Waals surface area contributed by atoms with E-state index in [0.717, 1.165) is 30.6 Å². The van der Waals surface area contributed by atoms with E-state index in [1.165, 1.54) is 0 Å². The van der Waals surface area contributed by atoms with E-state index in [0.29, 0.717) is 4.90 Å². The second kappa shape index (κ2) is 8.30. The summed E-state index contributed by atoms with van der Waals surface area (Å²) in [6, 6.07) is 2.92. The smallest absolute Gasteiger partial charge is 0.253 e. The number of halogens is 3. The van der Waals surface area contributed by atoms with Gasteiger partial charge in [0.1, 0.15) is 17.3 Å². The molecule has 1 amide bonds. The van der Waals surface area contributed by atoms with Crippen molar-refractivity contribution in [1.29, 1.82) is 0 Å². The molecule has 27 heavy (non-hydrogen) atoms. The normalized spacial score (nSPS) is 29.6. The van der Waals surface area contributed by atoms with Gasteiger partial charge in [0.25, 0.3) is 5.91 Å². The number of hydrogen-bond donors (Lipinski definition) is 0. The molecule has 0 bridgehead atoms. The highest BCUT2D eigenvalue weighted by Crippen LogP contribution is 2.32. The fourth-order valence-corrected chi connectivity index (χ4v) is 2.64. The summed E-state index contributed by atoms with van der Waals surface area (Å²) >= 11 is 5.69. The van der Waals surface area contributed by atoms with Crippen molar-refractivity contribution < 1.29 is 25.9 Å². The SMILES string of the molecule is [2H]C([2H])([2H])c1cnc(C([2H])([2H])CCC2(F)CC([2H])([2H])N(C(=O)c3ccc(F)c(Cl)c3)CC2([2H])[2H])nc1. The second-order valence-electron chi connectivity index (χ2n) is 5.97. The average molecular weight is 403 g/mol. The lowest BCUT2D eigenvalue weighted by molar-refractivity contribution is 0.0389. The number of hydrogen-bond acceptors (Lipinski definition) is 3. The van der Waals surface area contributed by atoms with E-state index in [1.807, 2.05) is 0 Å². The largest absolute Gasteiger partial charge is 0.338 e. The molecule has 1 aromatic carbocycles. The van der Waals surface area contributed by atoms with Crippen LogP contribution in [0.25, 0.3) is 0 Å². The molecule has 4 nitrogen and oxygen atoms in total. The van der Waals surface area contributed by atoms with Crippen molar-refractivity contribution in [2.45, 2.75) is 44.5 Å². The first-order valence-electron chi connectivity index (χ1n) is 12.6. The minimum atomic E-state index is -2.88. The van der Waals surface area contributed by atoms with Crippen LogP contribution in [0.1, 0.15) is 59.7 Å². The molecule has 1 atom stereocenters. The van der Waals surface area contributed by atoms with Crippen LogP contribution in [0, 0.1) is 12.7 Å². The maximum absolute atomic E-state index is 16.0. The highest BCUT2D eigenvalue weighted by atomic mass is 35.5. The van der Waals surface area contributed by atoms with Crippen LogP contribution in [-0.2, 0) is 6.37 Å². The summed E-state index contributed by atoms with van der Waals surface area (Å²) in [5.74, 6) is -2.24. The number of carbonyl (C=O) groups is 1. The summed E-state index contributed by atoms with van der Waals surface area (Å²) in [7, 11) is 0. The van der Waals surface area contributed by atoms with Crippen LogP contribution < -0.4 is 0 Å². The Morgan fingerprint density at radius 3 is 2.96 bits per heavy atom. The topological polar surface area (TPSA) is 46.1 Å². The van der Waals surface area contributed by atoms with E-state index >= 15 is 4.39 Å². The summed E-state index contributed by atoms with van der Waals surface area (Å²) < 4.78 is 101. The molecule has 0 spiro atoms. The van der Waals surface area contributed by atoms with Gasteiger partial charge in [0.15, 0.2) is 0 Å². The van der Waals surface area contributed by atoms with Gasteiger partial charge in [-0.2, -0.15) is 0 Å². The van der Waals surface area contributed by atoms with Crippen molar-refractivity contribution in [3.8, 4) is 0 Å². The molecule has 2 aromatic rings. The minimum Gasteiger partial charge on any atom is -0.338 e. The molecule has 1 saturated heterocycles. The molecule has 1 aliphatic rings. The molecule has 1 aliphatic heterocycles. The number of aryl methyl sites for hydroxylation is 2. The van der Waals surface area contributed by atoms with Gasteiger partial charge >= 0.3 is 0 Å². The lowest BCUT2D eigenvalue weighted by atomic mass is 9.88. The van der Waals surface area contributed by atoms with Gasteiger partial charge in [-0.05, 0) is 56.2 Å². The van der Waals surface area contributed by atoms with Gasteiger partial charge in [0, 0.05) is 49.7 Å². The number of amides is 1. The summed E-state index contributed by atoms with van der Waals surface area (Å²) in [6.45, 7) is -6.15. The van der Waals surface area contributed by atoms with E-state index in [1.54, 1.807) is 0 Å². The van der Waals surface area contributed by atoms with E-state index < -0.39 is 80.1 Å². The van der Waals surface area contributed by atoms with Crippen LogP contribution in [0.15, 0.2) is 30.6 Å². The van der Waals surface area contributed by atoms with Crippen LogP contribution in [0.5, 0.6) is 0 Å². The molecule has 2 heterocycles. The first kappa shape index (κ1) is 11.1. The van der Waals surface area contributed by atoms with Gasteiger partial charge < -0.3 is 4.90 Å². The number of likely N-dealkylation sites (tertiary alicyclic amines) is 1. The maximum Gasteiger partial charge on any atom is 0.253 e. The highest BCUT2D eigenvalue weighted by molar-refractivity contribution is 6.31.